The number of esters is 1. The quantitative estimate of drug-likeness (QED) is 0.679. The van der Waals surface area contributed by atoms with Gasteiger partial charge in [-0.3, -0.25) is 9.59 Å². The number of aryl methyl sites for hydroxylation is 1. The minimum absolute atomic E-state index is 0.0262. The van der Waals surface area contributed by atoms with Crippen LogP contribution in [-0.2, 0) is 4.74 Å². The van der Waals surface area contributed by atoms with Gasteiger partial charge in [-0.05, 0) is 52.3 Å². The molecule has 0 atom stereocenters. The van der Waals surface area contributed by atoms with Gasteiger partial charge in [-0.2, -0.15) is 0 Å². The van der Waals surface area contributed by atoms with Crippen molar-refractivity contribution in [2.75, 3.05) is 11.9 Å². The fourth-order valence-corrected chi connectivity index (χ4v) is 2.80. The van der Waals surface area contributed by atoms with Gasteiger partial charge in [0.15, 0.2) is 0 Å². The third-order valence-corrected chi connectivity index (χ3v) is 3.98. The highest BCUT2D eigenvalue weighted by atomic mass is 16.5. The van der Waals surface area contributed by atoms with Crippen molar-refractivity contribution in [1.82, 2.24) is 10.3 Å². The molecule has 0 aliphatic rings. The predicted octanol–water partition coefficient (Wildman–Crippen LogP) is 3.20. The van der Waals surface area contributed by atoms with Gasteiger partial charge in [0.05, 0.1) is 23.4 Å². The second-order valence-electron chi connectivity index (χ2n) is 6.47. The Kier molecular flexibility index (Phi) is 6.39. The molecular formula is C20H25N3O4. The first-order valence-corrected chi connectivity index (χ1v) is 8.83. The van der Waals surface area contributed by atoms with Crippen molar-refractivity contribution in [1.29, 1.82) is 0 Å². The fourth-order valence-electron chi connectivity index (χ4n) is 2.80. The molecule has 1 aromatic carbocycles. The number of aromatic nitrogens is 1. The molecule has 2 amide bonds. The van der Waals surface area contributed by atoms with Gasteiger partial charge in [-0.1, -0.05) is 12.1 Å². The van der Waals surface area contributed by atoms with Crippen LogP contribution in [0.2, 0.25) is 0 Å². The van der Waals surface area contributed by atoms with E-state index in [4.69, 9.17) is 4.74 Å². The smallest absolute Gasteiger partial charge is 0.340 e. The molecule has 1 aromatic heterocycles. The van der Waals surface area contributed by atoms with Gasteiger partial charge in [0, 0.05) is 11.7 Å². The molecule has 2 aromatic rings. The molecule has 144 valence electrons. The summed E-state index contributed by atoms with van der Waals surface area (Å²) in [5.41, 5.74) is 2.44. The second-order valence-corrected chi connectivity index (χ2v) is 6.47. The molecule has 27 heavy (non-hydrogen) atoms. The average Bonchev–Trinajstić information content (AvgIpc) is 2.89. The van der Waals surface area contributed by atoms with Crippen LogP contribution < -0.4 is 10.6 Å². The van der Waals surface area contributed by atoms with Crippen molar-refractivity contribution in [2.24, 2.45) is 0 Å². The van der Waals surface area contributed by atoms with E-state index in [2.05, 4.69) is 15.6 Å². The van der Waals surface area contributed by atoms with Gasteiger partial charge < -0.3 is 20.4 Å². The molecule has 7 nitrogen and oxygen atoms in total. The monoisotopic (exact) mass is 371 g/mol. The molecule has 7 heteroatoms. The maximum Gasteiger partial charge on any atom is 0.340 e. The summed E-state index contributed by atoms with van der Waals surface area (Å²) in [6.07, 6.45) is 0. The van der Waals surface area contributed by atoms with Gasteiger partial charge in [0.2, 0.25) is 0 Å². The lowest BCUT2D eigenvalue weighted by molar-refractivity contribution is 0.0524. The Labute approximate surface area is 158 Å². The number of hydrogen-bond donors (Lipinski definition) is 3. The highest BCUT2D eigenvalue weighted by Crippen LogP contribution is 2.22. The highest BCUT2D eigenvalue weighted by Gasteiger charge is 2.23. The number of nitrogens with one attached hydrogen (secondary N) is 3. The molecule has 0 radical (unpaired) electrons. The van der Waals surface area contributed by atoms with E-state index in [0.29, 0.717) is 28.1 Å². The summed E-state index contributed by atoms with van der Waals surface area (Å²) < 4.78 is 5.04. The minimum atomic E-state index is -0.473. The molecule has 0 spiro atoms. The van der Waals surface area contributed by atoms with E-state index in [1.807, 2.05) is 13.8 Å². The summed E-state index contributed by atoms with van der Waals surface area (Å²) in [6.45, 7) is 9.09. The van der Waals surface area contributed by atoms with Gasteiger partial charge >= 0.3 is 5.97 Å². The first-order chi connectivity index (χ1) is 12.8. The summed E-state index contributed by atoms with van der Waals surface area (Å²) >= 11 is 0. The predicted molar refractivity (Wildman–Crippen MR) is 103 cm³/mol. The van der Waals surface area contributed by atoms with Crippen molar-refractivity contribution in [2.45, 2.75) is 40.7 Å². The average molecular weight is 371 g/mol. The molecule has 0 aliphatic heterocycles. The molecule has 0 unspecified atom stereocenters. The van der Waals surface area contributed by atoms with Crippen LogP contribution in [0, 0.1) is 13.8 Å². The Morgan fingerprint density at radius 2 is 1.78 bits per heavy atom. The number of carbonyl (C=O) groups is 3. The SMILES string of the molecule is CCOC(=O)c1c(C)[nH]c(C(=O)Nc2ccccc2C(=O)NC(C)C)c1C. The molecule has 0 saturated carbocycles. The number of aromatic amines is 1. The Hall–Kier alpha value is -3.09. The topological polar surface area (TPSA) is 100 Å². The molecule has 1 heterocycles. The van der Waals surface area contributed by atoms with E-state index in [0.717, 1.165) is 0 Å². The normalized spacial score (nSPS) is 10.6. The van der Waals surface area contributed by atoms with Crippen LogP contribution in [0.3, 0.4) is 0 Å². The van der Waals surface area contributed by atoms with Crippen LogP contribution in [0.5, 0.6) is 0 Å². The maximum absolute atomic E-state index is 12.8. The summed E-state index contributed by atoms with van der Waals surface area (Å²) in [5, 5.41) is 5.56. The third kappa shape index (κ3) is 4.55. The van der Waals surface area contributed by atoms with Crippen LogP contribution in [-0.4, -0.2) is 35.4 Å². The molecule has 0 aliphatic carbocycles. The Bertz CT molecular complexity index is 868. The van der Waals surface area contributed by atoms with Crippen molar-refractivity contribution in [3.05, 3.63) is 52.3 Å². The zero-order valence-electron chi connectivity index (χ0n) is 16.2. The zero-order chi connectivity index (χ0) is 20.1. The third-order valence-electron chi connectivity index (χ3n) is 3.98. The first kappa shape index (κ1) is 20.2. The summed E-state index contributed by atoms with van der Waals surface area (Å²) in [5.74, 6) is -1.18. The summed E-state index contributed by atoms with van der Waals surface area (Å²) in [7, 11) is 0. The zero-order valence-corrected chi connectivity index (χ0v) is 16.2. The number of amides is 2. The number of anilines is 1. The van der Waals surface area contributed by atoms with Crippen molar-refractivity contribution in [3.8, 4) is 0 Å². The standard InChI is InChI=1S/C20H25N3O4/c1-6-27-20(26)16-12(4)17(22-13(16)5)19(25)23-15-10-8-7-9-14(15)18(24)21-11(2)3/h7-11,22H,6H2,1-5H3,(H,21,24)(H,23,25). The largest absolute Gasteiger partial charge is 0.462 e. The van der Waals surface area contributed by atoms with Crippen LogP contribution in [0.25, 0.3) is 0 Å². The number of ether oxygens (including phenoxy) is 1. The molecule has 0 bridgehead atoms. The molecule has 0 fully saturated rings. The van der Waals surface area contributed by atoms with Crippen LogP contribution in [0.15, 0.2) is 24.3 Å². The van der Waals surface area contributed by atoms with Gasteiger partial charge in [0.1, 0.15) is 5.69 Å². The first-order valence-electron chi connectivity index (χ1n) is 8.83. The Balaban J connectivity index is 2.30. The maximum atomic E-state index is 12.8. The van der Waals surface area contributed by atoms with Gasteiger partial charge in [-0.15, -0.1) is 0 Å². The number of rotatable bonds is 6. The van der Waals surface area contributed by atoms with Crippen LogP contribution in [0.4, 0.5) is 5.69 Å². The van der Waals surface area contributed by atoms with Crippen LogP contribution >= 0.6 is 0 Å². The van der Waals surface area contributed by atoms with E-state index in [1.165, 1.54) is 0 Å². The summed E-state index contributed by atoms with van der Waals surface area (Å²) in [6, 6.07) is 6.74. The van der Waals surface area contributed by atoms with Gasteiger partial charge in [0.25, 0.3) is 11.8 Å². The fraction of sp³-hybridized carbons (Fsp3) is 0.350. The molecule has 3 N–H and O–H groups in total. The lowest BCUT2D eigenvalue weighted by Gasteiger charge is -2.13. The Morgan fingerprint density at radius 3 is 2.41 bits per heavy atom. The van der Waals surface area contributed by atoms with Crippen molar-refractivity contribution < 1.29 is 19.1 Å². The molecular weight excluding hydrogens is 346 g/mol. The number of hydrogen-bond acceptors (Lipinski definition) is 4. The molecule has 2 rings (SSSR count). The summed E-state index contributed by atoms with van der Waals surface area (Å²) in [4.78, 5) is 40.1. The highest BCUT2D eigenvalue weighted by molar-refractivity contribution is 6.10. The number of benzene rings is 1. The number of H-pyrrole nitrogens is 1. The second kappa shape index (κ2) is 8.53. The Morgan fingerprint density at radius 1 is 1.11 bits per heavy atom. The van der Waals surface area contributed by atoms with E-state index in [1.54, 1.807) is 45.0 Å². The van der Waals surface area contributed by atoms with Gasteiger partial charge in [-0.25, -0.2) is 4.79 Å². The number of carbonyl (C=O) groups excluding carboxylic acids is 3. The van der Waals surface area contributed by atoms with E-state index in [9.17, 15) is 14.4 Å². The minimum Gasteiger partial charge on any atom is -0.462 e. The van der Waals surface area contributed by atoms with Crippen LogP contribution in [0.1, 0.15) is 63.2 Å². The van der Waals surface area contributed by atoms with Crippen molar-refractivity contribution >= 4 is 23.5 Å². The van der Waals surface area contributed by atoms with E-state index < -0.39 is 11.9 Å². The molecule has 0 saturated heterocycles. The number of para-hydroxylation sites is 1. The van der Waals surface area contributed by atoms with E-state index >= 15 is 0 Å². The van der Waals surface area contributed by atoms with Crippen molar-refractivity contribution in [3.63, 3.8) is 0 Å². The lowest BCUT2D eigenvalue weighted by atomic mass is 10.1. The van der Waals surface area contributed by atoms with E-state index in [-0.39, 0.29) is 24.2 Å². The lowest BCUT2D eigenvalue weighted by Crippen LogP contribution is -2.31.